The second kappa shape index (κ2) is 7.95. The van der Waals surface area contributed by atoms with Gasteiger partial charge in [-0.05, 0) is 42.9 Å². The highest BCUT2D eigenvalue weighted by molar-refractivity contribution is 6.30. The zero-order valence-corrected chi connectivity index (χ0v) is 13.7. The van der Waals surface area contributed by atoms with E-state index in [0.717, 1.165) is 5.56 Å². The first kappa shape index (κ1) is 17.3. The largest absolute Gasteiger partial charge is 0.396 e. The number of amides is 1. The smallest absolute Gasteiger partial charge is 0.230 e. The molecule has 1 amide bonds. The highest BCUT2D eigenvalue weighted by Gasteiger charge is 2.41. The molecule has 1 saturated heterocycles. The third-order valence-electron chi connectivity index (χ3n) is 4.41. The third kappa shape index (κ3) is 4.00. The average molecular weight is 326 g/mol. The van der Waals surface area contributed by atoms with Crippen molar-refractivity contribution in [1.29, 1.82) is 0 Å². The summed E-state index contributed by atoms with van der Waals surface area (Å²) in [7, 11) is 0. The second-order valence-corrected chi connectivity index (χ2v) is 6.47. The van der Waals surface area contributed by atoms with Gasteiger partial charge in [0.05, 0.1) is 5.41 Å². The number of aliphatic hydroxyl groups excluding tert-OH is 1. The summed E-state index contributed by atoms with van der Waals surface area (Å²) >= 11 is 5.96. The minimum Gasteiger partial charge on any atom is -0.396 e. The first-order valence-electron chi connectivity index (χ1n) is 7.81. The fourth-order valence-corrected chi connectivity index (χ4v) is 3.02. The van der Waals surface area contributed by atoms with Crippen LogP contribution in [-0.4, -0.2) is 37.4 Å². The van der Waals surface area contributed by atoms with E-state index in [1.807, 2.05) is 31.2 Å². The number of aliphatic hydroxyl groups is 1. The average Bonchev–Trinajstić information content (AvgIpc) is 2.54. The Morgan fingerprint density at radius 3 is 2.59 bits per heavy atom. The van der Waals surface area contributed by atoms with Crippen molar-refractivity contribution < 1.29 is 14.6 Å². The Morgan fingerprint density at radius 2 is 2.00 bits per heavy atom. The molecule has 1 unspecified atom stereocenters. The van der Waals surface area contributed by atoms with E-state index in [1.165, 1.54) is 0 Å². The molecular formula is C17H24ClNO3. The first-order valence-corrected chi connectivity index (χ1v) is 8.19. The molecule has 0 radical (unpaired) electrons. The molecule has 0 bridgehead atoms. The zero-order chi connectivity index (χ0) is 16.0. The maximum atomic E-state index is 12.9. The van der Waals surface area contributed by atoms with Crippen LogP contribution in [0.1, 0.15) is 31.7 Å². The van der Waals surface area contributed by atoms with Gasteiger partial charge < -0.3 is 15.2 Å². The van der Waals surface area contributed by atoms with E-state index in [1.54, 1.807) is 0 Å². The van der Waals surface area contributed by atoms with Gasteiger partial charge in [-0.25, -0.2) is 0 Å². The van der Waals surface area contributed by atoms with Crippen LogP contribution in [0.2, 0.25) is 5.02 Å². The molecule has 1 atom stereocenters. The van der Waals surface area contributed by atoms with E-state index < -0.39 is 5.41 Å². The number of benzene rings is 1. The Balaban J connectivity index is 2.14. The molecule has 0 saturated carbocycles. The summed E-state index contributed by atoms with van der Waals surface area (Å²) in [4.78, 5) is 12.9. The Morgan fingerprint density at radius 1 is 1.36 bits per heavy atom. The normalized spacial score (nSPS) is 18.7. The van der Waals surface area contributed by atoms with Gasteiger partial charge in [-0.3, -0.25) is 4.79 Å². The lowest BCUT2D eigenvalue weighted by Crippen LogP contribution is -2.49. The van der Waals surface area contributed by atoms with Crippen molar-refractivity contribution in [1.82, 2.24) is 5.32 Å². The SMILES string of the molecule is CC(CCO)CNC(=O)C1(c2ccc(Cl)cc2)CCOCC1. The van der Waals surface area contributed by atoms with Crippen LogP contribution in [0.25, 0.3) is 0 Å². The van der Waals surface area contributed by atoms with Crippen molar-refractivity contribution in [3.05, 3.63) is 34.9 Å². The van der Waals surface area contributed by atoms with Crippen LogP contribution in [0.3, 0.4) is 0 Å². The molecule has 22 heavy (non-hydrogen) atoms. The van der Waals surface area contributed by atoms with Crippen LogP contribution in [0, 0.1) is 5.92 Å². The van der Waals surface area contributed by atoms with Gasteiger partial charge in [0, 0.05) is 31.4 Å². The highest BCUT2D eigenvalue weighted by Crippen LogP contribution is 2.35. The van der Waals surface area contributed by atoms with Gasteiger partial charge in [-0.2, -0.15) is 0 Å². The van der Waals surface area contributed by atoms with Crippen molar-refractivity contribution >= 4 is 17.5 Å². The van der Waals surface area contributed by atoms with Crippen molar-refractivity contribution in [2.45, 2.75) is 31.6 Å². The van der Waals surface area contributed by atoms with E-state index >= 15 is 0 Å². The van der Waals surface area contributed by atoms with E-state index in [2.05, 4.69) is 5.32 Å². The minimum absolute atomic E-state index is 0.0444. The maximum Gasteiger partial charge on any atom is 0.230 e. The number of rotatable bonds is 6. The second-order valence-electron chi connectivity index (χ2n) is 6.03. The fraction of sp³-hybridized carbons (Fsp3) is 0.588. The molecule has 0 aromatic heterocycles. The molecule has 5 heteroatoms. The lowest BCUT2D eigenvalue weighted by molar-refractivity contribution is -0.130. The van der Waals surface area contributed by atoms with Crippen LogP contribution in [0.15, 0.2) is 24.3 Å². The quantitative estimate of drug-likeness (QED) is 0.845. The van der Waals surface area contributed by atoms with Crippen molar-refractivity contribution in [3.63, 3.8) is 0 Å². The van der Waals surface area contributed by atoms with Crippen molar-refractivity contribution in [2.75, 3.05) is 26.4 Å². The number of nitrogens with one attached hydrogen (secondary N) is 1. The van der Waals surface area contributed by atoms with Gasteiger partial charge in [-0.1, -0.05) is 30.7 Å². The lowest BCUT2D eigenvalue weighted by atomic mass is 9.73. The van der Waals surface area contributed by atoms with Gasteiger partial charge in [0.2, 0.25) is 5.91 Å². The number of halogens is 1. The maximum absolute atomic E-state index is 12.9. The van der Waals surface area contributed by atoms with Crippen molar-refractivity contribution in [3.8, 4) is 0 Å². The summed E-state index contributed by atoms with van der Waals surface area (Å²) in [5.41, 5.74) is 0.453. The Bertz CT molecular complexity index is 483. The highest BCUT2D eigenvalue weighted by atomic mass is 35.5. The summed E-state index contributed by atoms with van der Waals surface area (Å²) < 4.78 is 5.45. The van der Waals surface area contributed by atoms with Gasteiger partial charge in [-0.15, -0.1) is 0 Å². The summed E-state index contributed by atoms with van der Waals surface area (Å²) in [6, 6.07) is 7.53. The summed E-state index contributed by atoms with van der Waals surface area (Å²) in [6.45, 7) is 3.92. The molecule has 1 heterocycles. The Labute approximate surface area is 136 Å². The number of hydrogen-bond donors (Lipinski definition) is 2. The van der Waals surface area contributed by atoms with Crippen LogP contribution in [-0.2, 0) is 14.9 Å². The Hall–Kier alpha value is -1.10. The van der Waals surface area contributed by atoms with E-state index in [9.17, 15) is 4.79 Å². The number of carbonyl (C=O) groups is 1. The predicted molar refractivity (Wildman–Crippen MR) is 87.1 cm³/mol. The van der Waals surface area contributed by atoms with Crippen LogP contribution < -0.4 is 5.32 Å². The molecular weight excluding hydrogens is 302 g/mol. The van der Waals surface area contributed by atoms with Gasteiger partial charge in [0.1, 0.15) is 0 Å². The number of carbonyl (C=O) groups excluding carboxylic acids is 1. The molecule has 1 aliphatic heterocycles. The van der Waals surface area contributed by atoms with Crippen molar-refractivity contribution in [2.24, 2.45) is 5.92 Å². The molecule has 122 valence electrons. The van der Waals surface area contributed by atoms with Gasteiger partial charge >= 0.3 is 0 Å². The van der Waals surface area contributed by atoms with Gasteiger partial charge in [0.15, 0.2) is 0 Å². The number of ether oxygens (including phenoxy) is 1. The molecule has 2 N–H and O–H groups in total. The molecule has 1 aromatic carbocycles. The molecule has 2 rings (SSSR count). The van der Waals surface area contributed by atoms with Crippen LogP contribution in [0.4, 0.5) is 0 Å². The first-order chi connectivity index (χ1) is 10.6. The monoisotopic (exact) mass is 325 g/mol. The molecule has 1 aliphatic rings. The van der Waals surface area contributed by atoms with E-state index in [4.69, 9.17) is 21.4 Å². The topological polar surface area (TPSA) is 58.6 Å². The molecule has 1 fully saturated rings. The summed E-state index contributed by atoms with van der Waals surface area (Å²) in [5, 5.41) is 12.7. The van der Waals surface area contributed by atoms with Gasteiger partial charge in [0.25, 0.3) is 0 Å². The minimum atomic E-state index is -0.540. The molecule has 1 aromatic rings. The molecule has 0 aliphatic carbocycles. The predicted octanol–water partition coefficient (Wildman–Crippen LogP) is 2.52. The van der Waals surface area contributed by atoms with E-state index in [0.29, 0.717) is 44.0 Å². The number of hydrogen-bond acceptors (Lipinski definition) is 3. The van der Waals surface area contributed by atoms with Crippen LogP contribution >= 0.6 is 11.6 Å². The third-order valence-corrected chi connectivity index (χ3v) is 4.66. The molecule has 0 spiro atoms. The Kier molecular flexibility index (Phi) is 6.24. The van der Waals surface area contributed by atoms with Crippen LogP contribution in [0.5, 0.6) is 0 Å². The molecule has 4 nitrogen and oxygen atoms in total. The standard InChI is InChI=1S/C17H24ClNO3/c1-13(6-9-20)12-19-16(21)17(7-10-22-11-8-17)14-2-4-15(18)5-3-14/h2-5,13,20H,6-12H2,1H3,(H,19,21). The lowest BCUT2D eigenvalue weighted by Gasteiger charge is -2.36. The fourth-order valence-electron chi connectivity index (χ4n) is 2.89. The summed E-state index contributed by atoms with van der Waals surface area (Å²) in [5.74, 6) is 0.305. The summed E-state index contributed by atoms with van der Waals surface area (Å²) in [6.07, 6.45) is 2.04. The zero-order valence-electron chi connectivity index (χ0n) is 13.0. The van der Waals surface area contributed by atoms with E-state index in [-0.39, 0.29) is 18.4 Å².